The number of halogens is 2. The first-order valence-electron chi connectivity index (χ1n) is 10.2. The maximum absolute atomic E-state index is 6.39. The molecule has 30 heavy (non-hydrogen) atoms. The fraction of sp³-hybridized carbons (Fsp3) is 0.240. The summed E-state index contributed by atoms with van der Waals surface area (Å²) in [6.45, 7) is 3.55. The number of fused-ring (bicyclic) bond motifs is 1. The van der Waals surface area contributed by atoms with Crippen LogP contribution in [0.5, 0.6) is 5.75 Å². The maximum Gasteiger partial charge on any atom is 0.119 e. The minimum atomic E-state index is 0.674. The fourth-order valence-corrected chi connectivity index (χ4v) is 3.91. The first-order valence-corrected chi connectivity index (χ1v) is 10.9. The Labute approximate surface area is 187 Å². The van der Waals surface area contributed by atoms with Crippen molar-refractivity contribution >= 4 is 34.2 Å². The van der Waals surface area contributed by atoms with Crippen LogP contribution in [0.2, 0.25) is 10.0 Å². The molecule has 0 unspecified atom stereocenters. The molecule has 154 valence electrons. The van der Waals surface area contributed by atoms with Crippen LogP contribution in [-0.2, 0) is 13.0 Å². The standard InChI is InChI=1S/C25H24Cl2N2O/c1-18-16-20(12-13-21(18)26)30-15-7-6-14-29-24-11-5-4-10-23(24)28-25(29)17-19-8-2-3-9-22(19)27/h2-5,8-13,16H,6-7,14-15,17H2,1H3. The number of rotatable bonds is 8. The molecule has 0 bridgehead atoms. The van der Waals surface area contributed by atoms with Crippen molar-refractivity contribution in [3.8, 4) is 5.75 Å². The number of aromatic nitrogens is 2. The zero-order valence-corrected chi connectivity index (χ0v) is 18.5. The van der Waals surface area contributed by atoms with E-state index in [1.54, 1.807) is 0 Å². The summed E-state index contributed by atoms with van der Waals surface area (Å²) in [6, 6.07) is 22.0. The lowest BCUT2D eigenvalue weighted by Gasteiger charge is -2.11. The van der Waals surface area contributed by atoms with Crippen molar-refractivity contribution in [2.24, 2.45) is 0 Å². The Morgan fingerprint density at radius 3 is 2.53 bits per heavy atom. The Morgan fingerprint density at radius 1 is 0.900 bits per heavy atom. The molecule has 0 radical (unpaired) electrons. The minimum absolute atomic E-state index is 0.674. The van der Waals surface area contributed by atoms with E-state index >= 15 is 0 Å². The van der Waals surface area contributed by atoms with Gasteiger partial charge in [-0.15, -0.1) is 0 Å². The summed E-state index contributed by atoms with van der Waals surface area (Å²) in [6.07, 6.45) is 2.68. The lowest BCUT2D eigenvalue weighted by atomic mass is 10.1. The summed E-state index contributed by atoms with van der Waals surface area (Å²) >= 11 is 12.5. The van der Waals surface area contributed by atoms with Crippen LogP contribution in [0.1, 0.15) is 29.8 Å². The summed E-state index contributed by atoms with van der Waals surface area (Å²) in [5, 5.41) is 1.54. The summed E-state index contributed by atoms with van der Waals surface area (Å²) in [4.78, 5) is 4.87. The summed E-state index contributed by atoms with van der Waals surface area (Å²) in [7, 11) is 0. The average molecular weight is 439 g/mol. The van der Waals surface area contributed by atoms with E-state index in [1.165, 1.54) is 0 Å². The van der Waals surface area contributed by atoms with Crippen molar-refractivity contribution in [1.29, 1.82) is 0 Å². The SMILES string of the molecule is Cc1cc(OCCCCn2c(Cc3ccccc3Cl)nc3ccccc32)ccc1Cl. The van der Waals surface area contributed by atoms with Crippen LogP contribution < -0.4 is 4.74 Å². The Bertz CT molecular complexity index is 1150. The highest BCUT2D eigenvalue weighted by Crippen LogP contribution is 2.24. The van der Waals surface area contributed by atoms with Crippen molar-refractivity contribution in [3.63, 3.8) is 0 Å². The van der Waals surface area contributed by atoms with Crippen molar-refractivity contribution in [1.82, 2.24) is 9.55 Å². The Kier molecular flexibility index (Phi) is 6.61. The van der Waals surface area contributed by atoms with E-state index in [9.17, 15) is 0 Å². The molecule has 5 heteroatoms. The summed E-state index contributed by atoms with van der Waals surface area (Å²) < 4.78 is 8.20. The molecule has 0 aliphatic rings. The van der Waals surface area contributed by atoms with E-state index in [1.807, 2.05) is 49.4 Å². The van der Waals surface area contributed by atoms with Gasteiger partial charge in [0.15, 0.2) is 0 Å². The molecular formula is C25H24Cl2N2O. The minimum Gasteiger partial charge on any atom is -0.494 e. The van der Waals surface area contributed by atoms with Gasteiger partial charge in [0, 0.05) is 23.0 Å². The largest absolute Gasteiger partial charge is 0.494 e. The molecule has 1 aromatic heterocycles. The molecule has 0 atom stereocenters. The van der Waals surface area contributed by atoms with Gasteiger partial charge in [0.25, 0.3) is 0 Å². The van der Waals surface area contributed by atoms with Crippen LogP contribution in [0, 0.1) is 6.92 Å². The number of hydrogen-bond acceptors (Lipinski definition) is 2. The molecule has 1 heterocycles. The number of ether oxygens (including phenoxy) is 1. The zero-order chi connectivity index (χ0) is 20.9. The first kappa shape index (κ1) is 20.8. The molecule has 0 aliphatic carbocycles. The smallest absolute Gasteiger partial charge is 0.119 e. The number of aryl methyl sites for hydroxylation is 2. The van der Waals surface area contributed by atoms with E-state index in [0.717, 1.165) is 69.6 Å². The average Bonchev–Trinajstić information content (AvgIpc) is 3.09. The summed E-state index contributed by atoms with van der Waals surface area (Å²) in [5.41, 5.74) is 4.31. The van der Waals surface area contributed by atoms with Gasteiger partial charge < -0.3 is 9.30 Å². The normalized spacial score (nSPS) is 11.2. The Balaban J connectivity index is 1.42. The second-order valence-electron chi connectivity index (χ2n) is 7.40. The maximum atomic E-state index is 6.39. The first-order chi connectivity index (χ1) is 14.6. The lowest BCUT2D eigenvalue weighted by molar-refractivity contribution is 0.303. The molecule has 4 aromatic rings. The van der Waals surface area contributed by atoms with Crippen molar-refractivity contribution in [3.05, 3.63) is 93.7 Å². The van der Waals surface area contributed by atoms with Gasteiger partial charge in [0.2, 0.25) is 0 Å². The molecular weight excluding hydrogens is 415 g/mol. The fourth-order valence-electron chi connectivity index (χ4n) is 3.59. The van der Waals surface area contributed by atoms with Gasteiger partial charge in [-0.05, 0) is 67.3 Å². The van der Waals surface area contributed by atoms with Crippen LogP contribution in [0.3, 0.4) is 0 Å². The van der Waals surface area contributed by atoms with Gasteiger partial charge in [0.1, 0.15) is 11.6 Å². The molecule has 0 aliphatic heterocycles. The highest BCUT2D eigenvalue weighted by Gasteiger charge is 2.12. The van der Waals surface area contributed by atoms with E-state index in [-0.39, 0.29) is 0 Å². The molecule has 0 saturated heterocycles. The highest BCUT2D eigenvalue weighted by atomic mass is 35.5. The third-order valence-corrected chi connectivity index (χ3v) is 6.01. The quantitative estimate of drug-likeness (QED) is 0.274. The topological polar surface area (TPSA) is 27.1 Å². The van der Waals surface area contributed by atoms with Crippen molar-refractivity contribution in [2.45, 2.75) is 32.7 Å². The van der Waals surface area contributed by atoms with Crippen LogP contribution >= 0.6 is 23.2 Å². The van der Waals surface area contributed by atoms with Crippen molar-refractivity contribution < 1.29 is 4.74 Å². The van der Waals surface area contributed by atoms with Gasteiger partial charge in [-0.2, -0.15) is 0 Å². The van der Waals surface area contributed by atoms with Crippen LogP contribution in [0.25, 0.3) is 11.0 Å². The molecule has 3 aromatic carbocycles. The number of para-hydroxylation sites is 2. The molecule has 0 amide bonds. The monoisotopic (exact) mass is 438 g/mol. The van der Waals surface area contributed by atoms with Gasteiger partial charge in [-0.1, -0.05) is 53.5 Å². The van der Waals surface area contributed by atoms with Gasteiger partial charge >= 0.3 is 0 Å². The molecule has 3 nitrogen and oxygen atoms in total. The van der Waals surface area contributed by atoms with Crippen molar-refractivity contribution in [2.75, 3.05) is 6.61 Å². The second-order valence-corrected chi connectivity index (χ2v) is 8.22. The zero-order valence-electron chi connectivity index (χ0n) is 16.9. The molecule has 0 N–H and O–H groups in total. The van der Waals surface area contributed by atoms with Crippen LogP contribution in [0.15, 0.2) is 66.7 Å². The van der Waals surface area contributed by atoms with E-state index in [0.29, 0.717) is 6.61 Å². The predicted octanol–water partition coefficient (Wildman–Crippen LogP) is 7.10. The summed E-state index contributed by atoms with van der Waals surface area (Å²) in [5.74, 6) is 1.91. The molecule has 0 spiro atoms. The number of nitrogens with zero attached hydrogens (tertiary/aromatic N) is 2. The van der Waals surface area contributed by atoms with Gasteiger partial charge in [0.05, 0.1) is 17.6 Å². The molecule has 4 rings (SSSR count). The van der Waals surface area contributed by atoms with E-state index in [4.69, 9.17) is 32.9 Å². The molecule has 0 fully saturated rings. The third kappa shape index (κ3) is 4.80. The second kappa shape index (κ2) is 9.55. The van der Waals surface area contributed by atoms with E-state index in [2.05, 4.69) is 28.8 Å². The van der Waals surface area contributed by atoms with Gasteiger partial charge in [-0.25, -0.2) is 4.98 Å². The Morgan fingerprint density at radius 2 is 1.70 bits per heavy atom. The number of imidazole rings is 1. The predicted molar refractivity (Wildman–Crippen MR) is 125 cm³/mol. The van der Waals surface area contributed by atoms with Crippen LogP contribution in [-0.4, -0.2) is 16.2 Å². The molecule has 0 saturated carbocycles. The number of benzene rings is 3. The number of hydrogen-bond donors (Lipinski definition) is 0. The van der Waals surface area contributed by atoms with E-state index < -0.39 is 0 Å². The lowest BCUT2D eigenvalue weighted by Crippen LogP contribution is -2.07. The highest BCUT2D eigenvalue weighted by molar-refractivity contribution is 6.31. The van der Waals surface area contributed by atoms with Crippen LogP contribution in [0.4, 0.5) is 0 Å². The number of unbranched alkanes of at least 4 members (excludes halogenated alkanes) is 1. The third-order valence-electron chi connectivity index (χ3n) is 5.21. The van der Waals surface area contributed by atoms with Gasteiger partial charge in [-0.3, -0.25) is 0 Å². The Hall–Kier alpha value is -2.49.